The maximum atomic E-state index is 11.6. The molecule has 96 valence electrons. The molecule has 0 aliphatic carbocycles. The predicted octanol–water partition coefficient (Wildman–Crippen LogP) is -1.66. The molecule has 0 saturated carbocycles. The number of nitrogens with two attached hydrogens (primary N) is 1. The molecule has 2 rings (SSSR count). The van der Waals surface area contributed by atoms with Crippen LogP contribution in [0.3, 0.4) is 0 Å². The van der Waals surface area contributed by atoms with Gasteiger partial charge in [-0.3, -0.25) is 4.57 Å². The number of aliphatic hydroxyl groups is 2. The number of hydrogen-bond donors (Lipinski definition) is 3. The maximum Gasteiger partial charge on any atom is 0.351 e. The van der Waals surface area contributed by atoms with E-state index >= 15 is 0 Å². The molecule has 0 aromatic carbocycles. The molecule has 1 saturated heterocycles. The van der Waals surface area contributed by atoms with Crippen molar-refractivity contribution in [2.45, 2.75) is 31.5 Å². The van der Waals surface area contributed by atoms with Gasteiger partial charge in [0.2, 0.25) is 0 Å². The fraction of sp³-hybridized carbons (Fsp3) is 0.500. The predicted molar refractivity (Wildman–Crippen MR) is 59.2 cm³/mol. The summed E-state index contributed by atoms with van der Waals surface area (Å²) in [6.07, 6.45) is -2.93. The van der Waals surface area contributed by atoms with Gasteiger partial charge in [0.25, 0.3) is 0 Å². The summed E-state index contributed by atoms with van der Waals surface area (Å²) >= 11 is 0. The van der Waals surface area contributed by atoms with E-state index in [-0.39, 0.29) is 11.4 Å². The van der Waals surface area contributed by atoms with E-state index in [4.69, 9.17) is 15.7 Å². The van der Waals surface area contributed by atoms with E-state index in [2.05, 4.69) is 4.98 Å². The highest BCUT2D eigenvalue weighted by atomic mass is 16.6. The molecule has 18 heavy (non-hydrogen) atoms. The highest BCUT2D eigenvalue weighted by Gasteiger charge is 2.41. The van der Waals surface area contributed by atoms with Gasteiger partial charge in [-0.25, -0.2) is 4.79 Å². The summed E-state index contributed by atoms with van der Waals surface area (Å²) in [6, 6.07) is 1.78. The molecule has 4 N–H and O–H groups in total. The molecule has 0 radical (unpaired) electrons. The summed E-state index contributed by atoms with van der Waals surface area (Å²) in [4.78, 5) is 15.1. The fourth-order valence-corrected chi connectivity index (χ4v) is 1.81. The van der Waals surface area contributed by atoms with Gasteiger partial charge in [-0.1, -0.05) is 0 Å². The first-order chi connectivity index (χ1) is 8.45. The van der Waals surface area contributed by atoms with Crippen molar-refractivity contribution in [3.8, 4) is 6.07 Å². The molecule has 1 aliphatic rings. The van der Waals surface area contributed by atoms with Crippen LogP contribution in [-0.2, 0) is 4.74 Å². The second kappa shape index (κ2) is 4.38. The molecule has 0 amide bonds. The Morgan fingerprint density at radius 2 is 2.22 bits per heavy atom. The quantitative estimate of drug-likeness (QED) is 0.544. The van der Waals surface area contributed by atoms with E-state index < -0.39 is 30.2 Å². The van der Waals surface area contributed by atoms with Crippen LogP contribution in [0.2, 0.25) is 0 Å². The highest BCUT2D eigenvalue weighted by Crippen LogP contribution is 2.28. The van der Waals surface area contributed by atoms with Crippen molar-refractivity contribution in [1.29, 1.82) is 5.26 Å². The second-order valence-electron chi connectivity index (χ2n) is 4.05. The molecule has 0 unspecified atom stereocenters. The molecule has 0 spiro atoms. The van der Waals surface area contributed by atoms with Crippen molar-refractivity contribution in [2.24, 2.45) is 0 Å². The molecular weight excluding hydrogens is 240 g/mol. The number of aliphatic hydroxyl groups excluding tert-OH is 2. The number of nitriles is 1. The second-order valence-corrected chi connectivity index (χ2v) is 4.05. The Hall–Kier alpha value is -1.95. The van der Waals surface area contributed by atoms with Crippen molar-refractivity contribution in [2.75, 3.05) is 5.73 Å². The Bertz CT molecular complexity index is 564. The van der Waals surface area contributed by atoms with Crippen LogP contribution in [0.5, 0.6) is 0 Å². The normalized spacial score (nSPS) is 31.2. The van der Waals surface area contributed by atoms with Crippen LogP contribution >= 0.6 is 0 Å². The van der Waals surface area contributed by atoms with Gasteiger partial charge in [-0.15, -0.1) is 0 Å². The average molecular weight is 252 g/mol. The van der Waals surface area contributed by atoms with Crippen LogP contribution in [0, 0.1) is 11.3 Å². The van der Waals surface area contributed by atoms with Gasteiger partial charge in [0.05, 0.1) is 6.10 Å². The monoisotopic (exact) mass is 252 g/mol. The molecule has 2 heterocycles. The third kappa shape index (κ3) is 1.84. The number of anilines is 1. The Balaban J connectivity index is 2.47. The van der Waals surface area contributed by atoms with Gasteiger partial charge in [0, 0.05) is 6.20 Å². The average Bonchev–Trinajstić information content (AvgIpc) is 2.57. The molecule has 4 atom stereocenters. The van der Waals surface area contributed by atoms with Crippen molar-refractivity contribution < 1.29 is 14.9 Å². The maximum absolute atomic E-state index is 11.6. The molecule has 0 bridgehead atoms. The first-order valence-electron chi connectivity index (χ1n) is 5.26. The zero-order valence-electron chi connectivity index (χ0n) is 9.52. The smallest absolute Gasteiger partial charge is 0.351 e. The fourth-order valence-electron chi connectivity index (χ4n) is 1.81. The number of aromatic nitrogens is 2. The molecule has 8 nitrogen and oxygen atoms in total. The molecule has 1 fully saturated rings. The largest absolute Gasteiger partial charge is 0.388 e. The third-order valence-corrected chi connectivity index (χ3v) is 2.85. The van der Waals surface area contributed by atoms with Crippen LogP contribution < -0.4 is 11.4 Å². The topological polar surface area (TPSA) is 134 Å². The zero-order valence-corrected chi connectivity index (χ0v) is 9.52. The van der Waals surface area contributed by atoms with Crippen LogP contribution in [0.4, 0.5) is 5.82 Å². The lowest BCUT2D eigenvalue weighted by molar-refractivity contribution is -0.0350. The Morgan fingerprint density at radius 1 is 1.56 bits per heavy atom. The Labute approximate surface area is 102 Å². The Morgan fingerprint density at radius 3 is 2.72 bits per heavy atom. The van der Waals surface area contributed by atoms with Crippen LogP contribution in [0.1, 0.15) is 18.7 Å². The molecule has 1 aromatic rings. The lowest BCUT2D eigenvalue weighted by Gasteiger charge is -2.17. The SMILES string of the molecule is C[C@H]1O[C@@H](n2cc(C#N)c(N)nc2=O)[C@H](O)[C@@H]1O. The van der Waals surface area contributed by atoms with Gasteiger partial charge in [-0.2, -0.15) is 10.2 Å². The number of nitrogens with zero attached hydrogens (tertiary/aromatic N) is 3. The van der Waals surface area contributed by atoms with E-state index in [9.17, 15) is 15.0 Å². The Kier molecular flexibility index (Phi) is 3.04. The summed E-state index contributed by atoms with van der Waals surface area (Å²) < 4.78 is 6.22. The van der Waals surface area contributed by atoms with Gasteiger partial charge >= 0.3 is 5.69 Å². The van der Waals surface area contributed by atoms with Crippen molar-refractivity contribution >= 4 is 5.82 Å². The number of hydrogen-bond acceptors (Lipinski definition) is 7. The molecule has 1 aromatic heterocycles. The minimum Gasteiger partial charge on any atom is -0.388 e. The number of rotatable bonds is 1. The van der Waals surface area contributed by atoms with E-state index in [0.29, 0.717) is 0 Å². The summed E-state index contributed by atoms with van der Waals surface area (Å²) in [5.74, 6) is -0.181. The lowest BCUT2D eigenvalue weighted by Crippen LogP contribution is -2.35. The van der Waals surface area contributed by atoms with Crippen LogP contribution in [-0.4, -0.2) is 38.1 Å². The minimum atomic E-state index is -1.27. The van der Waals surface area contributed by atoms with Crippen LogP contribution in [0.25, 0.3) is 0 Å². The first kappa shape index (κ1) is 12.5. The van der Waals surface area contributed by atoms with E-state index in [1.807, 2.05) is 0 Å². The summed E-state index contributed by atoms with van der Waals surface area (Å²) in [7, 11) is 0. The minimum absolute atomic E-state index is 0.000516. The van der Waals surface area contributed by atoms with Gasteiger partial charge in [0.15, 0.2) is 6.23 Å². The standard InChI is InChI=1S/C10H12N4O4/c1-4-6(15)7(16)9(18-4)14-3-5(2-11)8(12)13-10(14)17/h3-4,6-7,9,15-16H,1H3,(H2,12,13,17)/t4-,6-,7-,9-/m1/s1. The first-order valence-corrected chi connectivity index (χ1v) is 5.26. The van der Waals surface area contributed by atoms with Gasteiger partial charge in [-0.05, 0) is 6.92 Å². The van der Waals surface area contributed by atoms with E-state index in [1.54, 1.807) is 13.0 Å². The van der Waals surface area contributed by atoms with Crippen LogP contribution in [0.15, 0.2) is 11.0 Å². The van der Waals surface area contributed by atoms with E-state index in [0.717, 1.165) is 10.8 Å². The summed E-state index contributed by atoms with van der Waals surface area (Å²) in [5, 5.41) is 28.1. The molecule has 1 aliphatic heterocycles. The van der Waals surface area contributed by atoms with Crippen molar-refractivity contribution in [1.82, 2.24) is 9.55 Å². The van der Waals surface area contributed by atoms with E-state index in [1.165, 1.54) is 0 Å². The number of ether oxygens (including phenoxy) is 1. The molecular formula is C10H12N4O4. The van der Waals surface area contributed by atoms with Gasteiger partial charge < -0.3 is 20.7 Å². The summed E-state index contributed by atoms with van der Waals surface area (Å²) in [5.41, 5.74) is 4.64. The summed E-state index contributed by atoms with van der Waals surface area (Å²) in [6.45, 7) is 1.56. The lowest BCUT2D eigenvalue weighted by atomic mass is 10.1. The number of nitrogen functional groups attached to an aromatic ring is 1. The third-order valence-electron chi connectivity index (χ3n) is 2.85. The van der Waals surface area contributed by atoms with Crippen molar-refractivity contribution in [3.05, 3.63) is 22.2 Å². The van der Waals surface area contributed by atoms with Gasteiger partial charge in [0.1, 0.15) is 29.7 Å². The molecule has 8 heteroatoms. The van der Waals surface area contributed by atoms with Crippen molar-refractivity contribution in [3.63, 3.8) is 0 Å². The zero-order chi connectivity index (χ0) is 13.4. The highest BCUT2D eigenvalue weighted by molar-refractivity contribution is 5.45.